The number of ether oxygens (including phenoxy) is 1. The van der Waals surface area contributed by atoms with Crippen molar-refractivity contribution in [2.24, 2.45) is 0 Å². The van der Waals surface area contributed by atoms with Gasteiger partial charge in [0.1, 0.15) is 6.07 Å². The zero-order chi connectivity index (χ0) is 15.8. The van der Waals surface area contributed by atoms with E-state index in [1.54, 1.807) is 18.3 Å². The summed E-state index contributed by atoms with van der Waals surface area (Å²) in [5.41, 5.74) is 1.15. The monoisotopic (exact) mass is 312 g/mol. The van der Waals surface area contributed by atoms with Gasteiger partial charge in [-0.15, -0.1) is 11.3 Å². The second-order valence-electron chi connectivity index (χ2n) is 4.40. The number of esters is 1. The van der Waals surface area contributed by atoms with Crippen LogP contribution in [0.15, 0.2) is 54.2 Å². The highest BCUT2D eigenvalue weighted by Gasteiger charge is 2.09. The number of rotatable bonds is 6. The van der Waals surface area contributed by atoms with E-state index in [2.05, 4.69) is 23.5 Å². The highest BCUT2D eigenvalue weighted by Crippen LogP contribution is 2.27. The first kappa shape index (κ1) is 15.8. The molecule has 0 radical (unpaired) electrons. The van der Waals surface area contributed by atoms with Crippen molar-refractivity contribution >= 4 is 17.3 Å². The van der Waals surface area contributed by atoms with Crippen LogP contribution in [-0.4, -0.2) is 12.6 Å². The zero-order valence-corrected chi connectivity index (χ0v) is 13.0. The third kappa shape index (κ3) is 4.21. The molecule has 0 saturated carbocycles. The van der Waals surface area contributed by atoms with Crippen molar-refractivity contribution in [2.75, 3.05) is 6.61 Å². The molecule has 0 spiro atoms. The fourth-order valence-corrected chi connectivity index (χ4v) is 2.79. The van der Waals surface area contributed by atoms with Gasteiger partial charge in [0.2, 0.25) is 0 Å². The summed E-state index contributed by atoms with van der Waals surface area (Å²) in [6.07, 6.45) is 1.40. The number of carbonyl (C=O) groups excluding carboxylic acids is 1. The molecule has 0 fully saturated rings. The van der Waals surface area contributed by atoms with E-state index in [4.69, 9.17) is 10.00 Å². The number of nitriles is 1. The smallest absolute Gasteiger partial charge is 0.350 e. The topological polar surface area (TPSA) is 62.1 Å². The third-order valence-corrected chi connectivity index (χ3v) is 3.99. The Morgan fingerprint density at radius 1 is 1.32 bits per heavy atom. The molecule has 1 aromatic heterocycles. The van der Waals surface area contributed by atoms with Gasteiger partial charge in [-0.3, -0.25) is 0 Å². The zero-order valence-electron chi connectivity index (χ0n) is 12.2. The number of benzene rings is 1. The molecule has 22 heavy (non-hydrogen) atoms. The first-order valence-electron chi connectivity index (χ1n) is 6.89. The van der Waals surface area contributed by atoms with Crippen molar-refractivity contribution in [3.05, 3.63) is 59.1 Å². The van der Waals surface area contributed by atoms with Gasteiger partial charge >= 0.3 is 5.97 Å². The largest absolute Gasteiger partial charge is 0.462 e. The molecule has 5 heteroatoms. The van der Waals surface area contributed by atoms with Gasteiger partial charge in [0.05, 0.1) is 6.61 Å². The van der Waals surface area contributed by atoms with Gasteiger partial charge in [-0.25, -0.2) is 4.79 Å². The van der Waals surface area contributed by atoms with Crippen molar-refractivity contribution in [1.82, 2.24) is 5.32 Å². The Labute approximate surface area is 133 Å². The average molecular weight is 312 g/mol. The summed E-state index contributed by atoms with van der Waals surface area (Å²) >= 11 is 1.67. The predicted octanol–water partition coefficient (Wildman–Crippen LogP) is 3.48. The second-order valence-corrected chi connectivity index (χ2v) is 5.57. The van der Waals surface area contributed by atoms with Gasteiger partial charge in [-0.2, -0.15) is 5.26 Å². The van der Waals surface area contributed by atoms with Gasteiger partial charge in [-0.05, 0) is 24.6 Å². The Hall–Kier alpha value is -2.58. The average Bonchev–Trinajstić information content (AvgIpc) is 3.01. The minimum absolute atomic E-state index is 0.0262. The van der Waals surface area contributed by atoms with Crippen LogP contribution in [0.25, 0.3) is 10.4 Å². The van der Waals surface area contributed by atoms with Crippen molar-refractivity contribution < 1.29 is 9.53 Å². The molecular formula is C17H16N2O2S. The third-order valence-electron chi connectivity index (χ3n) is 2.86. The van der Waals surface area contributed by atoms with Gasteiger partial charge < -0.3 is 10.1 Å². The summed E-state index contributed by atoms with van der Waals surface area (Å²) in [7, 11) is 0. The van der Waals surface area contributed by atoms with Crippen molar-refractivity contribution in [3.8, 4) is 16.5 Å². The predicted molar refractivity (Wildman–Crippen MR) is 86.9 cm³/mol. The molecule has 0 aliphatic heterocycles. The lowest BCUT2D eigenvalue weighted by Gasteiger charge is -2.01. The van der Waals surface area contributed by atoms with Crippen LogP contribution in [-0.2, 0) is 16.1 Å². The molecule has 2 aromatic rings. The molecule has 0 saturated heterocycles. The maximum Gasteiger partial charge on any atom is 0.350 e. The Morgan fingerprint density at radius 3 is 2.77 bits per heavy atom. The van der Waals surface area contributed by atoms with E-state index in [0.29, 0.717) is 6.54 Å². The van der Waals surface area contributed by atoms with Crippen LogP contribution < -0.4 is 5.32 Å². The maximum atomic E-state index is 11.5. The highest BCUT2D eigenvalue weighted by atomic mass is 32.1. The van der Waals surface area contributed by atoms with E-state index >= 15 is 0 Å². The Kier molecular flexibility index (Phi) is 5.75. The quantitative estimate of drug-likeness (QED) is 0.504. The van der Waals surface area contributed by atoms with Gasteiger partial charge in [0.15, 0.2) is 5.57 Å². The fraction of sp³-hybridized carbons (Fsp3) is 0.176. The Balaban J connectivity index is 1.97. The molecule has 0 atom stereocenters. The van der Waals surface area contributed by atoms with E-state index in [1.165, 1.54) is 16.6 Å². The Bertz CT molecular complexity index is 699. The van der Waals surface area contributed by atoms with Gasteiger partial charge in [0, 0.05) is 22.5 Å². The molecule has 2 rings (SSSR count). The van der Waals surface area contributed by atoms with E-state index < -0.39 is 5.97 Å². The van der Waals surface area contributed by atoms with Crippen LogP contribution in [0.1, 0.15) is 11.8 Å². The summed E-state index contributed by atoms with van der Waals surface area (Å²) in [5.74, 6) is -0.603. The van der Waals surface area contributed by atoms with Crippen LogP contribution in [0.5, 0.6) is 0 Å². The number of nitrogens with one attached hydrogen (secondary N) is 1. The molecule has 0 amide bonds. The summed E-state index contributed by atoms with van der Waals surface area (Å²) in [4.78, 5) is 13.8. The first-order valence-corrected chi connectivity index (χ1v) is 7.71. The minimum Gasteiger partial charge on any atom is -0.462 e. The van der Waals surface area contributed by atoms with Crippen LogP contribution in [0, 0.1) is 11.3 Å². The molecular weight excluding hydrogens is 296 g/mol. The standard InChI is InChI=1S/C17H16N2O2S/c1-2-21-17(20)14(10-18)11-19-12-15-8-9-16(22-15)13-6-4-3-5-7-13/h3-9,11,19H,2,12H2,1H3/b14-11+. The van der Waals surface area contributed by atoms with E-state index in [9.17, 15) is 4.79 Å². The van der Waals surface area contributed by atoms with E-state index in [1.807, 2.05) is 30.3 Å². The lowest BCUT2D eigenvalue weighted by Crippen LogP contribution is -2.11. The van der Waals surface area contributed by atoms with Crippen LogP contribution >= 0.6 is 11.3 Å². The van der Waals surface area contributed by atoms with Crippen LogP contribution in [0.3, 0.4) is 0 Å². The maximum absolute atomic E-state index is 11.5. The lowest BCUT2D eigenvalue weighted by molar-refractivity contribution is -0.138. The number of hydrogen-bond acceptors (Lipinski definition) is 5. The second kappa shape index (κ2) is 8.01. The molecule has 0 aliphatic carbocycles. The lowest BCUT2D eigenvalue weighted by atomic mass is 10.2. The van der Waals surface area contributed by atoms with Crippen molar-refractivity contribution in [2.45, 2.75) is 13.5 Å². The number of thiophene rings is 1. The molecule has 1 N–H and O–H groups in total. The molecule has 112 valence electrons. The number of carbonyl (C=O) groups is 1. The summed E-state index contributed by atoms with van der Waals surface area (Å²) < 4.78 is 4.79. The normalized spacial score (nSPS) is 10.8. The molecule has 1 aromatic carbocycles. The van der Waals surface area contributed by atoms with Crippen molar-refractivity contribution in [3.63, 3.8) is 0 Å². The SMILES string of the molecule is CCOC(=O)/C(C#N)=C/NCc1ccc(-c2ccccc2)s1. The fourth-order valence-electron chi connectivity index (χ4n) is 1.83. The molecule has 0 bridgehead atoms. The van der Waals surface area contributed by atoms with Crippen LogP contribution in [0.4, 0.5) is 0 Å². The molecule has 0 unspecified atom stereocenters. The highest BCUT2D eigenvalue weighted by molar-refractivity contribution is 7.15. The first-order chi connectivity index (χ1) is 10.7. The molecule has 0 aliphatic rings. The Morgan fingerprint density at radius 2 is 2.09 bits per heavy atom. The van der Waals surface area contributed by atoms with Gasteiger partial charge in [0.25, 0.3) is 0 Å². The molecule has 1 heterocycles. The van der Waals surface area contributed by atoms with Gasteiger partial charge in [-0.1, -0.05) is 30.3 Å². The number of hydrogen-bond donors (Lipinski definition) is 1. The summed E-state index contributed by atoms with van der Waals surface area (Å²) in [6.45, 7) is 2.52. The van der Waals surface area contributed by atoms with Crippen LogP contribution in [0.2, 0.25) is 0 Å². The minimum atomic E-state index is -0.603. The number of nitrogens with zero attached hydrogens (tertiary/aromatic N) is 1. The molecule has 4 nitrogen and oxygen atoms in total. The van der Waals surface area contributed by atoms with Crippen molar-refractivity contribution in [1.29, 1.82) is 5.26 Å². The summed E-state index contributed by atoms with van der Waals surface area (Å²) in [6, 6.07) is 16.1. The van der Waals surface area contributed by atoms with E-state index in [0.717, 1.165) is 4.88 Å². The van der Waals surface area contributed by atoms with E-state index in [-0.39, 0.29) is 12.2 Å². The summed E-state index contributed by atoms with van der Waals surface area (Å²) in [5, 5.41) is 11.9.